The molecule has 3 rings (SSSR count). The summed E-state index contributed by atoms with van der Waals surface area (Å²) < 4.78 is 13.8. The lowest BCUT2D eigenvalue weighted by Gasteiger charge is -2.34. The van der Waals surface area contributed by atoms with Crippen molar-refractivity contribution in [2.24, 2.45) is 5.92 Å². The van der Waals surface area contributed by atoms with Gasteiger partial charge in [-0.1, -0.05) is 32.4 Å². The first kappa shape index (κ1) is 29.5. The van der Waals surface area contributed by atoms with E-state index in [0.29, 0.717) is 0 Å². The molecule has 38 heavy (non-hydrogen) atoms. The summed E-state index contributed by atoms with van der Waals surface area (Å²) in [6, 6.07) is 11.2. The van der Waals surface area contributed by atoms with Gasteiger partial charge in [0.25, 0.3) is 0 Å². The fraction of sp³-hybridized carbons (Fsp3) is 0.548. The molecule has 0 atom stereocenters. The Morgan fingerprint density at radius 1 is 1.08 bits per heavy atom. The molecule has 1 fully saturated rings. The molecule has 2 aromatic rings. The van der Waals surface area contributed by atoms with Crippen molar-refractivity contribution in [2.75, 3.05) is 67.6 Å². The molecule has 0 N–H and O–H groups in total. The van der Waals surface area contributed by atoms with Crippen LogP contribution in [0.5, 0.6) is 0 Å². The monoisotopic (exact) mass is 523 g/mol. The van der Waals surface area contributed by atoms with Crippen LogP contribution in [-0.4, -0.2) is 68.7 Å². The number of aromatic nitrogens is 1. The van der Waals surface area contributed by atoms with Gasteiger partial charge in [0.15, 0.2) is 0 Å². The van der Waals surface area contributed by atoms with Crippen molar-refractivity contribution in [2.45, 2.75) is 52.4 Å². The van der Waals surface area contributed by atoms with Gasteiger partial charge in [0.2, 0.25) is 5.91 Å². The Labute approximate surface area is 229 Å². The average molecular weight is 524 g/mol. The minimum atomic E-state index is -0.193. The number of carbonyl (C=O) groups excluding carboxylic acids is 1. The highest BCUT2D eigenvalue weighted by Gasteiger charge is 2.20. The smallest absolute Gasteiger partial charge is 0.245 e. The van der Waals surface area contributed by atoms with Crippen molar-refractivity contribution >= 4 is 23.1 Å². The van der Waals surface area contributed by atoms with Crippen molar-refractivity contribution < 1.29 is 9.18 Å². The third kappa shape index (κ3) is 8.74. The highest BCUT2D eigenvalue weighted by Crippen LogP contribution is 2.28. The van der Waals surface area contributed by atoms with Crippen molar-refractivity contribution in [3.8, 4) is 0 Å². The second kappa shape index (κ2) is 15.4. The molecule has 1 aliphatic heterocycles. The van der Waals surface area contributed by atoms with Crippen LogP contribution in [0.1, 0.15) is 52.4 Å². The Kier molecular flexibility index (Phi) is 11.9. The second-order valence-electron chi connectivity index (χ2n) is 10.3. The summed E-state index contributed by atoms with van der Waals surface area (Å²) in [6.45, 7) is 14.2. The Balaban J connectivity index is 1.50. The lowest BCUT2D eigenvalue weighted by molar-refractivity contribution is -0.124. The number of likely N-dealkylation sites (N-methyl/N-ethyl adjacent to an activating group) is 2. The summed E-state index contributed by atoms with van der Waals surface area (Å²) in [5.41, 5.74) is 2.18. The number of unbranched alkanes of at least 4 members (excludes halogenated alkanes) is 1. The van der Waals surface area contributed by atoms with E-state index in [0.717, 1.165) is 82.5 Å². The average Bonchev–Trinajstić information content (AvgIpc) is 2.95. The topological polar surface area (TPSA) is 42.9 Å². The zero-order chi connectivity index (χ0) is 27.3. The minimum absolute atomic E-state index is 0.00142. The maximum Gasteiger partial charge on any atom is 0.245 e. The number of halogens is 1. The van der Waals surface area contributed by atoms with Gasteiger partial charge in [-0.05, 0) is 68.9 Å². The zero-order valence-corrected chi connectivity index (χ0v) is 23.6. The molecule has 6 nitrogen and oxygen atoms in total. The highest BCUT2D eigenvalue weighted by atomic mass is 19.1. The molecule has 7 heteroatoms. The van der Waals surface area contributed by atoms with E-state index in [1.54, 1.807) is 17.0 Å². The summed E-state index contributed by atoms with van der Waals surface area (Å²) in [7, 11) is 1.84. The standard InChI is InChI=1S/C31H46FN5O/c1-5-18-36(28-13-10-12-27(32)24-28)23-22-35(7-3)30-25-29(14-17-33-30)37-20-15-26(16-21-37)11-8-9-19-34(4)31(38)6-2/h6,10,12-14,17,24-26H,2,5,7-9,11,15-16,18-23H2,1,3-4H3. The predicted molar refractivity (Wildman–Crippen MR) is 158 cm³/mol. The van der Waals surface area contributed by atoms with Gasteiger partial charge in [-0.3, -0.25) is 4.79 Å². The summed E-state index contributed by atoms with van der Waals surface area (Å²) >= 11 is 0. The van der Waals surface area contributed by atoms with Crippen molar-refractivity contribution in [3.63, 3.8) is 0 Å². The summed E-state index contributed by atoms with van der Waals surface area (Å²) in [4.78, 5) is 25.1. The molecule has 1 aromatic carbocycles. The largest absolute Gasteiger partial charge is 0.371 e. The van der Waals surface area contributed by atoms with E-state index >= 15 is 0 Å². The van der Waals surface area contributed by atoms with Gasteiger partial charge in [0.05, 0.1) is 0 Å². The molecule has 0 radical (unpaired) electrons. The SMILES string of the molecule is C=CC(=O)N(C)CCCCC1CCN(c2ccnc(N(CC)CCN(CCC)c3cccc(F)c3)c2)CC1. The van der Waals surface area contributed by atoms with Crippen LogP contribution in [0.4, 0.5) is 21.6 Å². The number of piperidine rings is 1. The van der Waals surface area contributed by atoms with Crippen molar-refractivity contribution in [1.82, 2.24) is 9.88 Å². The van der Waals surface area contributed by atoms with Crippen LogP contribution in [-0.2, 0) is 4.79 Å². The van der Waals surface area contributed by atoms with Gasteiger partial charge < -0.3 is 19.6 Å². The highest BCUT2D eigenvalue weighted by molar-refractivity contribution is 5.86. The molecule has 208 valence electrons. The van der Waals surface area contributed by atoms with E-state index in [4.69, 9.17) is 4.98 Å². The van der Waals surface area contributed by atoms with Gasteiger partial charge in [0, 0.05) is 76.5 Å². The Bertz CT molecular complexity index is 1010. The minimum Gasteiger partial charge on any atom is -0.371 e. The van der Waals surface area contributed by atoms with Gasteiger partial charge in [-0.2, -0.15) is 0 Å². The number of anilines is 3. The van der Waals surface area contributed by atoms with Crippen LogP contribution in [0.3, 0.4) is 0 Å². The lowest BCUT2D eigenvalue weighted by atomic mass is 9.91. The van der Waals surface area contributed by atoms with Gasteiger partial charge in [-0.15, -0.1) is 0 Å². The molecular formula is C31H46FN5O. The molecule has 0 aliphatic carbocycles. The van der Waals surface area contributed by atoms with E-state index in [-0.39, 0.29) is 11.7 Å². The zero-order valence-electron chi connectivity index (χ0n) is 23.6. The molecule has 1 saturated heterocycles. The Morgan fingerprint density at radius 3 is 2.53 bits per heavy atom. The normalized spacial score (nSPS) is 13.8. The number of rotatable bonds is 15. The molecule has 0 unspecified atom stereocenters. The first-order chi connectivity index (χ1) is 18.4. The van der Waals surface area contributed by atoms with E-state index < -0.39 is 0 Å². The predicted octanol–water partition coefficient (Wildman–Crippen LogP) is 5.99. The molecule has 1 aliphatic rings. The van der Waals surface area contributed by atoms with Crippen molar-refractivity contribution in [3.05, 3.63) is 61.1 Å². The van der Waals surface area contributed by atoms with Crippen LogP contribution in [0.25, 0.3) is 0 Å². The number of amides is 1. The van der Waals surface area contributed by atoms with Crippen molar-refractivity contribution in [1.29, 1.82) is 0 Å². The number of benzene rings is 1. The first-order valence-electron chi connectivity index (χ1n) is 14.3. The number of nitrogens with zero attached hydrogens (tertiary/aromatic N) is 5. The van der Waals surface area contributed by atoms with Gasteiger partial charge in [0.1, 0.15) is 11.6 Å². The van der Waals surface area contributed by atoms with Crippen LogP contribution in [0.15, 0.2) is 55.3 Å². The molecule has 1 amide bonds. The Morgan fingerprint density at radius 2 is 1.84 bits per heavy atom. The fourth-order valence-corrected chi connectivity index (χ4v) is 5.29. The van der Waals surface area contributed by atoms with Crippen LogP contribution < -0.4 is 14.7 Å². The fourth-order valence-electron chi connectivity index (χ4n) is 5.29. The number of carbonyl (C=O) groups is 1. The molecule has 0 spiro atoms. The van der Waals surface area contributed by atoms with Crippen LogP contribution in [0, 0.1) is 11.7 Å². The van der Waals surface area contributed by atoms with E-state index in [1.165, 1.54) is 37.1 Å². The summed E-state index contributed by atoms with van der Waals surface area (Å²) in [5, 5.41) is 0. The van der Waals surface area contributed by atoms with E-state index in [2.05, 4.69) is 47.3 Å². The molecular weight excluding hydrogens is 477 g/mol. The number of hydrogen-bond donors (Lipinski definition) is 0. The maximum atomic E-state index is 13.8. The van der Waals surface area contributed by atoms with Gasteiger partial charge >= 0.3 is 0 Å². The number of hydrogen-bond acceptors (Lipinski definition) is 5. The maximum absolute atomic E-state index is 13.8. The first-order valence-corrected chi connectivity index (χ1v) is 14.3. The quantitative estimate of drug-likeness (QED) is 0.212. The molecule has 0 saturated carbocycles. The Hall–Kier alpha value is -3.09. The third-order valence-corrected chi connectivity index (χ3v) is 7.63. The number of pyridine rings is 1. The van der Waals surface area contributed by atoms with Crippen LogP contribution >= 0.6 is 0 Å². The lowest BCUT2D eigenvalue weighted by Crippen LogP contribution is -2.36. The molecule has 0 bridgehead atoms. The molecule has 2 heterocycles. The molecule has 1 aromatic heterocycles. The van der Waals surface area contributed by atoms with E-state index in [1.807, 2.05) is 19.3 Å². The van der Waals surface area contributed by atoms with Crippen LogP contribution in [0.2, 0.25) is 0 Å². The summed E-state index contributed by atoms with van der Waals surface area (Å²) in [6.07, 6.45) is 10.2. The van der Waals surface area contributed by atoms with E-state index in [9.17, 15) is 9.18 Å². The third-order valence-electron chi connectivity index (χ3n) is 7.63. The van der Waals surface area contributed by atoms with Gasteiger partial charge in [-0.25, -0.2) is 9.37 Å². The second-order valence-corrected chi connectivity index (χ2v) is 10.3. The summed E-state index contributed by atoms with van der Waals surface area (Å²) in [5.74, 6) is 1.57.